The third kappa shape index (κ3) is 2.33. The van der Waals surface area contributed by atoms with Crippen LogP contribution in [0.15, 0.2) is 24.3 Å². The average Bonchev–Trinajstić information content (AvgIpc) is 3.07. The summed E-state index contributed by atoms with van der Waals surface area (Å²) in [6.45, 7) is 8.18. The van der Waals surface area contributed by atoms with Crippen molar-refractivity contribution < 1.29 is 0 Å². The Labute approximate surface area is 111 Å². The van der Waals surface area contributed by atoms with Gasteiger partial charge in [-0.05, 0) is 43.6 Å². The van der Waals surface area contributed by atoms with Crippen LogP contribution in [-0.4, -0.2) is 12.6 Å². The van der Waals surface area contributed by atoms with Crippen LogP contribution in [0.2, 0.25) is 0 Å². The van der Waals surface area contributed by atoms with Crippen LogP contribution in [0.25, 0.3) is 0 Å². The lowest BCUT2D eigenvalue weighted by Gasteiger charge is -2.54. The van der Waals surface area contributed by atoms with Crippen molar-refractivity contribution in [2.75, 3.05) is 6.54 Å². The standard InChI is InChI=1S/C17H25N/c1-13-5-4-6-14(9-13)17(10-16(2,3)11-17)12-18-15-7-8-15/h4-6,9,15,18H,7-8,10-12H2,1-3H3. The van der Waals surface area contributed by atoms with Gasteiger partial charge in [0.25, 0.3) is 0 Å². The molecular formula is C17H25N. The molecule has 3 rings (SSSR count). The molecule has 2 fully saturated rings. The molecule has 18 heavy (non-hydrogen) atoms. The highest BCUT2D eigenvalue weighted by atomic mass is 15.0. The number of hydrogen-bond donors (Lipinski definition) is 1. The summed E-state index contributed by atoms with van der Waals surface area (Å²) in [5.74, 6) is 0. The zero-order valence-electron chi connectivity index (χ0n) is 11.9. The minimum absolute atomic E-state index is 0.401. The minimum Gasteiger partial charge on any atom is -0.313 e. The smallest absolute Gasteiger partial charge is 0.00881 e. The van der Waals surface area contributed by atoms with Gasteiger partial charge in [0.15, 0.2) is 0 Å². The predicted molar refractivity (Wildman–Crippen MR) is 76.9 cm³/mol. The van der Waals surface area contributed by atoms with Gasteiger partial charge in [0.05, 0.1) is 0 Å². The summed E-state index contributed by atoms with van der Waals surface area (Å²) in [6, 6.07) is 9.96. The van der Waals surface area contributed by atoms with Crippen LogP contribution < -0.4 is 5.32 Å². The molecule has 0 bridgehead atoms. The molecule has 1 aromatic rings. The van der Waals surface area contributed by atoms with Gasteiger partial charge in [-0.15, -0.1) is 0 Å². The van der Waals surface area contributed by atoms with E-state index in [4.69, 9.17) is 0 Å². The monoisotopic (exact) mass is 243 g/mol. The largest absolute Gasteiger partial charge is 0.313 e. The quantitative estimate of drug-likeness (QED) is 0.848. The molecule has 0 amide bonds. The Morgan fingerprint density at radius 1 is 1.22 bits per heavy atom. The van der Waals surface area contributed by atoms with E-state index >= 15 is 0 Å². The molecule has 0 unspecified atom stereocenters. The second-order valence-electron chi connectivity index (χ2n) is 7.32. The van der Waals surface area contributed by atoms with Crippen LogP contribution >= 0.6 is 0 Å². The number of aryl methyl sites for hydroxylation is 1. The number of rotatable bonds is 4. The van der Waals surface area contributed by atoms with E-state index in [0.717, 1.165) is 6.04 Å². The Kier molecular flexibility index (Phi) is 2.78. The maximum absolute atomic E-state index is 3.76. The lowest BCUT2D eigenvalue weighted by molar-refractivity contribution is 0.0559. The van der Waals surface area contributed by atoms with Gasteiger partial charge in [-0.25, -0.2) is 0 Å². The fourth-order valence-electron chi connectivity index (χ4n) is 3.81. The predicted octanol–water partition coefficient (Wildman–Crippen LogP) is 3.80. The second-order valence-corrected chi connectivity index (χ2v) is 7.32. The summed E-state index contributed by atoms with van der Waals surface area (Å²) in [4.78, 5) is 0. The number of nitrogens with one attached hydrogen (secondary N) is 1. The van der Waals surface area contributed by atoms with Gasteiger partial charge in [0.1, 0.15) is 0 Å². The molecule has 98 valence electrons. The molecule has 1 aromatic carbocycles. The van der Waals surface area contributed by atoms with Crippen molar-refractivity contribution in [3.05, 3.63) is 35.4 Å². The third-order valence-corrected chi connectivity index (χ3v) is 4.57. The third-order valence-electron chi connectivity index (χ3n) is 4.57. The summed E-state index contributed by atoms with van der Waals surface area (Å²) in [7, 11) is 0. The zero-order valence-corrected chi connectivity index (χ0v) is 11.9. The van der Waals surface area contributed by atoms with Gasteiger partial charge in [-0.3, -0.25) is 0 Å². The summed E-state index contributed by atoms with van der Waals surface area (Å²) >= 11 is 0. The van der Waals surface area contributed by atoms with Gasteiger partial charge >= 0.3 is 0 Å². The van der Waals surface area contributed by atoms with Crippen molar-refractivity contribution in [3.8, 4) is 0 Å². The maximum atomic E-state index is 3.76. The molecule has 0 saturated heterocycles. The first-order valence-electron chi connectivity index (χ1n) is 7.30. The van der Waals surface area contributed by atoms with Crippen molar-refractivity contribution >= 4 is 0 Å². The van der Waals surface area contributed by atoms with Gasteiger partial charge in [0, 0.05) is 18.0 Å². The van der Waals surface area contributed by atoms with Gasteiger partial charge in [-0.2, -0.15) is 0 Å². The SMILES string of the molecule is Cc1cccc(C2(CNC3CC3)CC(C)(C)C2)c1. The molecule has 2 saturated carbocycles. The summed E-state index contributed by atoms with van der Waals surface area (Å²) in [5, 5.41) is 3.76. The van der Waals surface area contributed by atoms with Crippen LogP contribution in [0.3, 0.4) is 0 Å². The Morgan fingerprint density at radius 3 is 2.50 bits per heavy atom. The zero-order chi connectivity index (χ0) is 12.8. The van der Waals surface area contributed by atoms with Crippen LogP contribution in [-0.2, 0) is 5.41 Å². The summed E-state index contributed by atoms with van der Waals surface area (Å²) in [6.07, 6.45) is 5.41. The number of benzene rings is 1. The number of hydrogen-bond acceptors (Lipinski definition) is 1. The van der Waals surface area contributed by atoms with Crippen LogP contribution in [0.1, 0.15) is 50.7 Å². The van der Waals surface area contributed by atoms with E-state index in [1.807, 2.05) is 0 Å². The van der Waals surface area contributed by atoms with Crippen LogP contribution in [0.4, 0.5) is 0 Å². The lowest BCUT2D eigenvalue weighted by Crippen LogP contribution is -2.52. The Morgan fingerprint density at radius 2 is 1.94 bits per heavy atom. The molecule has 0 aliphatic heterocycles. The summed E-state index contributed by atoms with van der Waals surface area (Å²) < 4.78 is 0. The van der Waals surface area contributed by atoms with Crippen molar-refractivity contribution in [1.29, 1.82) is 0 Å². The molecule has 1 heteroatoms. The molecule has 1 N–H and O–H groups in total. The molecule has 2 aliphatic carbocycles. The van der Waals surface area contributed by atoms with Crippen molar-refractivity contribution in [2.24, 2.45) is 5.41 Å². The Bertz CT molecular complexity index is 435. The first-order chi connectivity index (χ1) is 8.49. The van der Waals surface area contributed by atoms with Crippen molar-refractivity contribution in [3.63, 3.8) is 0 Å². The lowest BCUT2D eigenvalue weighted by atomic mass is 9.52. The van der Waals surface area contributed by atoms with Crippen LogP contribution in [0, 0.1) is 12.3 Å². The molecule has 1 nitrogen and oxygen atoms in total. The first kappa shape index (κ1) is 12.2. The van der Waals surface area contributed by atoms with Crippen molar-refractivity contribution in [1.82, 2.24) is 5.32 Å². The first-order valence-corrected chi connectivity index (χ1v) is 7.30. The van der Waals surface area contributed by atoms with E-state index in [1.54, 1.807) is 5.56 Å². The average molecular weight is 243 g/mol. The van der Waals surface area contributed by atoms with E-state index in [2.05, 4.69) is 50.4 Å². The van der Waals surface area contributed by atoms with E-state index in [0.29, 0.717) is 10.8 Å². The van der Waals surface area contributed by atoms with Crippen LogP contribution in [0.5, 0.6) is 0 Å². The molecule has 0 heterocycles. The van der Waals surface area contributed by atoms with E-state index in [1.165, 1.54) is 37.8 Å². The summed E-state index contributed by atoms with van der Waals surface area (Å²) in [5.41, 5.74) is 3.87. The van der Waals surface area contributed by atoms with Gasteiger partial charge in [-0.1, -0.05) is 43.7 Å². The van der Waals surface area contributed by atoms with E-state index in [-0.39, 0.29) is 0 Å². The molecule has 0 radical (unpaired) electrons. The van der Waals surface area contributed by atoms with E-state index in [9.17, 15) is 0 Å². The highest BCUT2D eigenvalue weighted by molar-refractivity contribution is 5.34. The fraction of sp³-hybridized carbons (Fsp3) is 0.647. The van der Waals surface area contributed by atoms with E-state index < -0.39 is 0 Å². The normalized spacial score (nSPS) is 24.6. The molecule has 2 aliphatic rings. The van der Waals surface area contributed by atoms with Gasteiger partial charge in [0.2, 0.25) is 0 Å². The molecule has 0 spiro atoms. The van der Waals surface area contributed by atoms with Gasteiger partial charge < -0.3 is 5.32 Å². The second kappa shape index (κ2) is 4.09. The molecule has 0 atom stereocenters. The highest BCUT2D eigenvalue weighted by Gasteiger charge is 2.50. The Hall–Kier alpha value is -0.820. The highest BCUT2D eigenvalue weighted by Crippen LogP contribution is 2.55. The Balaban J connectivity index is 1.80. The molecular weight excluding hydrogens is 218 g/mol. The van der Waals surface area contributed by atoms with Crippen molar-refractivity contribution in [2.45, 2.75) is 57.9 Å². The fourth-order valence-corrected chi connectivity index (χ4v) is 3.81. The molecule has 0 aromatic heterocycles. The topological polar surface area (TPSA) is 12.0 Å². The maximum Gasteiger partial charge on any atom is 0.00881 e. The minimum atomic E-state index is 0.401.